The van der Waals surface area contributed by atoms with E-state index in [0.717, 1.165) is 5.39 Å². The SMILES string of the molecule is CCOC(=O)Oc1c(C(=O)Cl)ccc2ccccc12. The number of ether oxygens (including phenoxy) is 2. The van der Waals surface area contributed by atoms with Gasteiger partial charge in [-0.2, -0.15) is 0 Å². The lowest BCUT2D eigenvalue weighted by Crippen LogP contribution is -2.12. The van der Waals surface area contributed by atoms with Crippen LogP contribution in [0.3, 0.4) is 0 Å². The molecule has 2 rings (SSSR count). The topological polar surface area (TPSA) is 52.6 Å². The Kier molecular flexibility index (Phi) is 4.02. The van der Waals surface area contributed by atoms with E-state index in [1.165, 1.54) is 6.07 Å². The van der Waals surface area contributed by atoms with Crippen LogP contribution in [0.15, 0.2) is 36.4 Å². The molecule has 19 heavy (non-hydrogen) atoms. The first-order chi connectivity index (χ1) is 9.13. The Hall–Kier alpha value is -2.07. The molecule has 0 bridgehead atoms. The van der Waals surface area contributed by atoms with Gasteiger partial charge in [0.25, 0.3) is 5.24 Å². The monoisotopic (exact) mass is 278 g/mol. The highest BCUT2D eigenvalue weighted by Crippen LogP contribution is 2.31. The number of fused-ring (bicyclic) bond motifs is 1. The Bertz CT molecular complexity index is 636. The number of carbonyl (C=O) groups is 2. The number of halogens is 1. The third-order valence-electron chi connectivity index (χ3n) is 2.54. The minimum Gasteiger partial charge on any atom is -0.434 e. The molecule has 0 aliphatic heterocycles. The van der Waals surface area contributed by atoms with Crippen LogP contribution in [-0.4, -0.2) is 18.0 Å². The number of rotatable bonds is 3. The van der Waals surface area contributed by atoms with E-state index < -0.39 is 11.4 Å². The average molecular weight is 279 g/mol. The van der Waals surface area contributed by atoms with Crippen molar-refractivity contribution in [3.8, 4) is 5.75 Å². The van der Waals surface area contributed by atoms with Gasteiger partial charge in [0, 0.05) is 5.39 Å². The molecule has 98 valence electrons. The molecule has 0 heterocycles. The molecule has 0 atom stereocenters. The maximum absolute atomic E-state index is 11.4. The summed E-state index contributed by atoms with van der Waals surface area (Å²) < 4.78 is 9.81. The van der Waals surface area contributed by atoms with Gasteiger partial charge in [0.15, 0.2) is 5.75 Å². The van der Waals surface area contributed by atoms with Crippen molar-refractivity contribution in [2.45, 2.75) is 6.92 Å². The van der Waals surface area contributed by atoms with E-state index in [4.69, 9.17) is 21.1 Å². The van der Waals surface area contributed by atoms with E-state index in [2.05, 4.69) is 0 Å². The summed E-state index contributed by atoms with van der Waals surface area (Å²) in [7, 11) is 0. The lowest BCUT2D eigenvalue weighted by Gasteiger charge is -2.10. The largest absolute Gasteiger partial charge is 0.513 e. The van der Waals surface area contributed by atoms with Gasteiger partial charge >= 0.3 is 6.16 Å². The van der Waals surface area contributed by atoms with Gasteiger partial charge in [-0.1, -0.05) is 30.3 Å². The van der Waals surface area contributed by atoms with Crippen molar-refractivity contribution in [1.82, 2.24) is 0 Å². The molecular weight excluding hydrogens is 268 g/mol. The highest BCUT2D eigenvalue weighted by atomic mass is 35.5. The standard InChI is InChI=1S/C14H11ClO4/c1-2-18-14(17)19-12-10-6-4-3-5-9(10)7-8-11(12)13(15)16/h3-8H,2H2,1H3. The normalized spacial score (nSPS) is 10.2. The quantitative estimate of drug-likeness (QED) is 0.487. The molecule has 0 fully saturated rings. The fourth-order valence-corrected chi connectivity index (χ4v) is 1.89. The van der Waals surface area contributed by atoms with E-state index in [1.54, 1.807) is 25.1 Å². The Morgan fingerprint density at radius 2 is 1.89 bits per heavy atom. The summed E-state index contributed by atoms with van der Waals surface area (Å²) in [6, 6.07) is 10.5. The summed E-state index contributed by atoms with van der Waals surface area (Å²) in [6.07, 6.45) is -0.863. The molecule has 0 aliphatic carbocycles. The Morgan fingerprint density at radius 1 is 1.16 bits per heavy atom. The van der Waals surface area contributed by atoms with Crippen LogP contribution >= 0.6 is 11.6 Å². The van der Waals surface area contributed by atoms with E-state index in [-0.39, 0.29) is 17.9 Å². The summed E-state index contributed by atoms with van der Waals surface area (Å²) in [4.78, 5) is 22.8. The van der Waals surface area contributed by atoms with Gasteiger partial charge in [-0.3, -0.25) is 4.79 Å². The van der Waals surface area contributed by atoms with Crippen molar-refractivity contribution >= 4 is 33.8 Å². The van der Waals surface area contributed by atoms with Gasteiger partial charge < -0.3 is 9.47 Å². The molecule has 0 radical (unpaired) electrons. The first-order valence-corrected chi connectivity index (χ1v) is 6.07. The molecule has 2 aromatic rings. The third-order valence-corrected chi connectivity index (χ3v) is 2.74. The first kappa shape index (κ1) is 13.4. The van der Waals surface area contributed by atoms with Gasteiger partial charge in [-0.15, -0.1) is 0 Å². The molecule has 5 heteroatoms. The van der Waals surface area contributed by atoms with Crippen LogP contribution in [0, 0.1) is 0 Å². The zero-order chi connectivity index (χ0) is 13.8. The fourth-order valence-electron chi connectivity index (χ4n) is 1.74. The smallest absolute Gasteiger partial charge is 0.434 e. The van der Waals surface area contributed by atoms with Crippen LogP contribution in [0.2, 0.25) is 0 Å². The van der Waals surface area contributed by atoms with Crippen molar-refractivity contribution in [1.29, 1.82) is 0 Å². The highest BCUT2D eigenvalue weighted by molar-refractivity contribution is 6.68. The predicted octanol–water partition coefficient (Wildman–Crippen LogP) is 3.75. The van der Waals surface area contributed by atoms with Crippen LogP contribution in [0.1, 0.15) is 17.3 Å². The van der Waals surface area contributed by atoms with E-state index in [1.807, 2.05) is 12.1 Å². The molecule has 0 aromatic heterocycles. The summed E-state index contributed by atoms with van der Waals surface area (Å²) in [5, 5.41) is 0.774. The van der Waals surface area contributed by atoms with Gasteiger partial charge in [0.2, 0.25) is 0 Å². The molecular formula is C14H11ClO4. The number of carbonyl (C=O) groups excluding carboxylic acids is 2. The zero-order valence-corrected chi connectivity index (χ0v) is 10.9. The second kappa shape index (κ2) is 5.71. The van der Waals surface area contributed by atoms with Crippen molar-refractivity contribution in [3.63, 3.8) is 0 Å². The average Bonchev–Trinajstić information content (AvgIpc) is 2.39. The fraction of sp³-hybridized carbons (Fsp3) is 0.143. The van der Waals surface area contributed by atoms with E-state index in [9.17, 15) is 9.59 Å². The number of hydrogen-bond donors (Lipinski definition) is 0. The Morgan fingerprint density at radius 3 is 2.58 bits per heavy atom. The van der Waals surface area contributed by atoms with Crippen LogP contribution in [0.25, 0.3) is 10.8 Å². The van der Waals surface area contributed by atoms with E-state index in [0.29, 0.717) is 5.39 Å². The van der Waals surface area contributed by atoms with Gasteiger partial charge in [-0.05, 0) is 30.0 Å². The lowest BCUT2D eigenvalue weighted by molar-refractivity contribution is 0.102. The molecule has 4 nitrogen and oxygen atoms in total. The van der Waals surface area contributed by atoms with Crippen molar-refractivity contribution < 1.29 is 19.1 Å². The number of benzene rings is 2. The first-order valence-electron chi connectivity index (χ1n) is 5.69. The second-order valence-corrected chi connectivity index (χ2v) is 4.07. The zero-order valence-electron chi connectivity index (χ0n) is 10.2. The summed E-state index contributed by atoms with van der Waals surface area (Å²) >= 11 is 5.50. The predicted molar refractivity (Wildman–Crippen MR) is 71.8 cm³/mol. The van der Waals surface area contributed by atoms with Crippen LogP contribution < -0.4 is 4.74 Å². The van der Waals surface area contributed by atoms with Crippen molar-refractivity contribution in [3.05, 3.63) is 42.0 Å². The van der Waals surface area contributed by atoms with Gasteiger partial charge in [0.1, 0.15) is 0 Å². The molecule has 0 amide bonds. The molecule has 0 saturated heterocycles. The minimum absolute atomic E-state index is 0.122. The summed E-state index contributed by atoms with van der Waals surface area (Å²) in [5.74, 6) is 0.122. The van der Waals surface area contributed by atoms with Crippen LogP contribution in [0.5, 0.6) is 5.75 Å². The van der Waals surface area contributed by atoms with Crippen LogP contribution in [-0.2, 0) is 4.74 Å². The van der Waals surface area contributed by atoms with E-state index >= 15 is 0 Å². The van der Waals surface area contributed by atoms with Gasteiger partial charge in [0.05, 0.1) is 12.2 Å². The number of hydrogen-bond acceptors (Lipinski definition) is 4. The highest BCUT2D eigenvalue weighted by Gasteiger charge is 2.17. The Balaban J connectivity index is 2.56. The third kappa shape index (κ3) is 2.85. The molecule has 0 saturated carbocycles. The molecule has 2 aromatic carbocycles. The molecule has 0 N–H and O–H groups in total. The lowest BCUT2D eigenvalue weighted by atomic mass is 10.1. The molecule has 0 unspecified atom stereocenters. The second-order valence-electron chi connectivity index (χ2n) is 3.72. The molecule has 0 spiro atoms. The maximum Gasteiger partial charge on any atom is 0.513 e. The van der Waals surface area contributed by atoms with Gasteiger partial charge in [-0.25, -0.2) is 4.79 Å². The maximum atomic E-state index is 11.4. The minimum atomic E-state index is -0.863. The summed E-state index contributed by atoms with van der Waals surface area (Å²) in [6.45, 7) is 1.85. The van der Waals surface area contributed by atoms with Crippen molar-refractivity contribution in [2.24, 2.45) is 0 Å². The molecule has 0 aliphatic rings. The van der Waals surface area contributed by atoms with Crippen molar-refractivity contribution in [2.75, 3.05) is 6.61 Å². The summed E-state index contributed by atoms with van der Waals surface area (Å²) in [5.41, 5.74) is 0.133. The van der Waals surface area contributed by atoms with Crippen LogP contribution in [0.4, 0.5) is 4.79 Å². The Labute approximate surface area is 114 Å².